The summed E-state index contributed by atoms with van der Waals surface area (Å²) in [6.45, 7) is 12.7. The summed E-state index contributed by atoms with van der Waals surface area (Å²) >= 11 is 0. The predicted octanol–water partition coefficient (Wildman–Crippen LogP) is 4.17. The minimum absolute atomic E-state index is 0.000539. The minimum Gasteiger partial charge on any atom is -0.461 e. The number of alkyl carbamates (subject to hydrolysis) is 1. The van der Waals surface area contributed by atoms with Gasteiger partial charge in [0.1, 0.15) is 35.8 Å². The van der Waals surface area contributed by atoms with Crippen LogP contribution in [0.25, 0.3) is 6.08 Å². The summed E-state index contributed by atoms with van der Waals surface area (Å²) in [5.41, 5.74) is -2.59. The van der Waals surface area contributed by atoms with Gasteiger partial charge in [-0.1, -0.05) is 33.8 Å². The first-order valence-corrected chi connectivity index (χ1v) is 23.3. The fourth-order valence-corrected chi connectivity index (χ4v) is 9.30. The largest absolute Gasteiger partial charge is 0.461 e. The smallest absolute Gasteiger partial charge is 0.407 e. The van der Waals surface area contributed by atoms with Crippen molar-refractivity contribution < 1.29 is 67.5 Å². The van der Waals surface area contributed by atoms with E-state index in [1.54, 1.807) is 46.0 Å². The van der Waals surface area contributed by atoms with Crippen LogP contribution in [0, 0.1) is 33.8 Å². The van der Waals surface area contributed by atoms with Crippen LogP contribution in [0.2, 0.25) is 0 Å². The number of carbonyl (C=O) groups is 5. The number of nitrogens with one attached hydrogen (secondary N) is 2. The molecule has 20 nitrogen and oxygen atoms in total. The minimum atomic E-state index is -2.18. The highest BCUT2D eigenvalue weighted by Crippen LogP contribution is 2.40. The number of esters is 2. The monoisotopic (exact) mass is 969 g/mol. The number of pyridine rings is 1. The number of aliphatic hydroxyl groups is 2. The molecule has 2 aliphatic rings. The van der Waals surface area contributed by atoms with E-state index in [4.69, 9.17) is 28.4 Å². The molecule has 2 amide bonds. The predicted molar refractivity (Wildman–Crippen MR) is 251 cm³/mol. The second-order valence-corrected chi connectivity index (χ2v) is 18.9. The molecule has 0 spiro atoms. The van der Waals surface area contributed by atoms with Crippen molar-refractivity contribution in [1.82, 2.24) is 20.5 Å². The maximum absolute atomic E-state index is 14.7. The number of rotatable bonds is 15. The first-order chi connectivity index (χ1) is 32.4. The van der Waals surface area contributed by atoms with Crippen molar-refractivity contribution in [2.75, 3.05) is 34.3 Å². The first-order valence-electron chi connectivity index (χ1n) is 23.3. The second-order valence-electron chi connectivity index (χ2n) is 18.9. The number of carbonyl (C=O) groups excluding carboxylic acids is 5. The molecule has 4 N–H and O–H groups in total. The fourth-order valence-electron chi connectivity index (χ4n) is 9.30. The van der Waals surface area contributed by atoms with Crippen molar-refractivity contribution in [3.8, 4) is 0 Å². The lowest BCUT2D eigenvalue weighted by Crippen LogP contribution is -2.61. The van der Waals surface area contributed by atoms with Crippen LogP contribution in [-0.4, -0.2) is 149 Å². The van der Waals surface area contributed by atoms with E-state index in [0.29, 0.717) is 17.5 Å². The van der Waals surface area contributed by atoms with Gasteiger partial charge in [0.2, 0.25) is 5.91 Å². The number of cyclic esters (lactones) is 1. The third-order valence-electron chi connectivity index (χ3n) is 13.2. The van der Waals surface area contributed by atoms with E-state index in [-0.39, 0.29) is 50.2 Å². The van der Waals surface area contributed by atoms with Gasteiger partial charge in [-0.25, -0.2) is 4.79 Å². The van der Waals surface area contributed by atoms with E-state index in [0.717, 1.165) is 0 Å². The number of ketones is 1. The van der Waals surface area contributed by atoms with Gasteiger partial charge in [-0.3, -0.25) is 34.3 Å². The topological polar surface area (TPSA) is 265 Å². The van der Waals surface area contributed by atoms with Crippen LogP contribution >= 0.6 is 0 Å². The number of methoxy groups -OCH3 is 1. The number of hydrogen-bond acceptors (Lipinski definition) is 17. The molecule has 0 unspecified atom stereocenters. The molecule has 2 aliphatic heterocycles. The molecule has 69 heavy (non-hydrogen) atoms. The molecule has 3 heterocycles. The molecule has 382 valence electrons. The molecule has 2 aromatic rings. The number of nitrogens with zero attached hydrogens (tertiary/aromatic N) is 3. The van der Waals surface area contributed by atoms with Crippen LogP contribution in [0.3, 0.4) is 0 Å². The third kappa shape index (κ3) is 14.8. The van der Waals surface area contributed by atoms with Gasteiger partial charge in [-0.15, -0.1) is 0 Å². The van der Waals surface area contributed by atoms with Crippen LogP contribution < -0.4 is 10.6 Å². The zero-order valence-electron chi connectivity index (χ0n) is 41.5. The average Bonchev–Trinajstić information content (AvgIpc) is 3.31. The molecular weight excluding hydrogens is 899 g/mol. The molecule has 2 fully saturated rings. The van der Waals surface area contributed by atoms with Gasteiger partial charge >= 0.3 is 18.0 Å². The summed E-state index contributed by atoms with van der Waals surface area (Å²) < 4.78 is 37.4. The van der Waals surface area contributed by atoms with E-state index in [2.05, 4.69) is 15.6 Å². The maximum atomic E-state index is 14.7. The van der Waals surface area contributed by atoms with E-state index in [1.165, 1.54) is 70.5 Å². The highest BCUT2D eigenvalue weighted by atomic mass is 16.7. The Morgan fingerprint density at radius 2 is 1.67 bits per heavy atom. The number of aliphatic hydroxyl groups excluding tert-OH is 1. The Morgan fingerprint density at radius 3 is 2.26 bits per heavy atom. The van der Waals surface area contributed by atoms with Crippen molar-refractivity contribution in [3.63, 3.8) is 0 Å². The standard InChI is InChI=1S/C49H71N5O15/c1-12-37-49(8,61)44(69-47(60)52-23-22-51-38(55)20-17-33-15-18-35(19-16-33)54(62)63)30(4)40(57)28(2)26-48(7,64-11)43(68-46-41(58)36(53(9)10)24-29(3)65-46)31(5)42(32(6)45(59)66-37)67-39(56)25-34-14-13-21-50-27-34/h13-21,27-32,36-37,41-44,46,58,61H,12,22-26H2,1-11H3,(H,51,55)(H,52,60)/b20-17+/t28-,29-,30+,31+,32-,36+,37-,41-,42+,43-,44-,46+,48-,49-/m1/s1. The first kappa shape index (κ1) is 56.2. The van der Waals surface area contributed by atoms with Gasteiger partial charge in [0, 0.05) is 68.7 Å². The Kier molecular flexibility index (Phi) is 20.3. The molecule has 0 bridgehead atoms. The maximum Gasteiger partial charge on any atom is 0.407 e. The number of nitro groups is 1. The van der Waals surface area contributed by atoms with Gasteiger partial charge in [-0.2, -0.15) is 0 Å². The quantitative estimate of drug-likeness (QED) is 0.0487. The number of nitro benzene ring substituents is 1. The van der Waals surface area contributed by atoms with Crippen LogP contribution in [0.15, 0.2) is 54.9 Å². The average molecular weight is 970 g/mol. The van der Waals surface area contributed by atoms with Crippen molar-refractivity contribution >= 4 is 41.5 Å². The third-order valence-corrected chi connectivity index (χ3v) is 13.2. The Labute approximate surface area is 403 Å². The van der Waals surface area contributed by atoms with Gasteiger partial charge in [0.15, 0.2) is 6.29 Å². The molecule has 1 aromatic heterocycles. The van der Waals surface area contributed by atoms with E-state index >= 15 is 0 Å². The Balaban J connectivity index is 1.67. The zero-order chi connectivity index (χ0) is 51.4. The summed E-state index contributed by atoms with van der Waals surface area (Å²) in [7, 11) is 5.10. The van der Waals surface area contributed by atoms with Crippen LogP contribution in [0.4, 0.5) is 10.5 Å². The number of benzene rings is 1. The summed E-state index contributed by atoms with van der Waals surface area (Å²) in [6, 6.07) is 8.60. The summed E-state index contributed by atoms with van der Waals surface area (Å²) in [6.07, 6.45) is -3.10. The lowest BCUT2D eigenvalue weighted by molar-refractivity contribution is -0.384. The molecule has 14 atom stereocenters. The van der Waals surface area contributed by atoms with Crippen molar-refractivity contribution in [3.05, 3.63) is 76.1 Å². The molecule has 2 saturated heterocycles. The summed E-state index contributed by atoms with van der Waals surface area (Å²) in [5, 5.41) is 40.1. The van der Waals surface area contributed by atoms with Crippen molar-refractivity contribution in [1.29, 1.82) is 0 Å². The SMILES string of the molecule is CC[C@H]1OC(=O)[C@H](C)[C@@H](OC(=O)Cc2cccnc2)[C@H](C)[C@@H](O[C@@H]2O[C@H](C)C[C@H](N(C)C)[C@H]2O)[C@](C)(OC)C[C@@H](C)C(=O)[C@H](C)[C@@H](OC(=O)NCCNC(=O)/C=C/c2ccc([N+](=O)[O-])cc2)[C@]1(C)O. The van der Waals surface area contributed by atoms with Crippen LogP contribution in [-0.2, 0) is 54.0 Å². The molecule has 1 aromatic carbocycles. The number of non-ortho nitro benzene ring substituents is 1. The number of hydrogen-bond donors (Lipinski definition) is 4. The number of amides is 2. The van der Waals surface area contributed by atoms with E-state index in [9.17, 15) is 44.3 Å². The lowest BCUT2D eigenvalue weighted by atomic mass is 9.73. The number of Topliss-reactive ketones (excluding diaryl/α,β-unsaturated/α-hetero) is 1. The summed E-state index contributed by atoms with van der Waals surface area (Å²) in [4.78, 5) is 85.3. The Bertz CT molecular complexity index is 2090. The normalized spacial score (nSPS) is 32.7. The van der Waals surface area contributed by atoms with Gasteiger partial charge in [0.05, 0.1) is 41.0 Å². The number of aromatic nitrogens is 1. The molecule has 0 aliphatic carbocycles. The van der Waals surface area contributed by atoms with Gasteiger partial charge < -0.3 is 54.2 Å². The van der Waals surface area contributed by atoms with E-state index < -0.39 is 106 Å². The second kappa shape index (κ2) is 25.0. The van der Waals surface area contributed by atoms with Crippen molar-refractivity contribution in [2.45, 2.75) is 141 Å². The van der Waals surface area contributed by atoms with Gasteiger partial charge in [0.25, 0.3) is 5.69 Å². The fraction of sp³-hybridized carbons (Fsp3) is 0.633. The van der Waals surface area contributed by atoms with Crippen molar-refractivity contribution in [2.24, 2.45) is 23.7 Å². The van der Waals surface area contributed by atoms with Crippen LogP contribution in [0.1, 0.15) is 85.8 Å². The lowest BCUT2D eigenvalue weighted by Gasteiger charge is -2.48. The molecule has 0 saturated carbocycles. The molecule has 0 radical (unpaired) electrons. The number of likely N-dealkylation sites (N-methyl/N-ethyl adjacent to an activating group) is 1. The van der Waals surface area contributed by atoms with Gasteiger partial charge in [-0.05, 0) is 96.5 Å². The highest BCUT2D eigenvalue weighted by Gasteiger charge is 2.54. The Morgan fingerprint density at radius 1 is 1.00 bits per heavy atom. The molecule has 4 rings (SSSR count). The highest BCUT2D eigenvalue weighted by molar-refractivity contribution is 5.91. The Hall–Kier alpha value is -5.38. The number of ether oxygens (including phenoxy) is 6. The molecular formula is C49H71N5O15. The zero-order valence-corrected chi connectivity index (χ0v) is 41.5. The van der Waals surface area contributed by atoms with E-state index in [1.807, 2.05) is 25.9 Å². The molecule has 20 heteroatoms. The van der Waals surface area contributed by atoms with Crippen LogP contribution in [0.5, 0.6) is 0 Å². The summed E-state index contributed by atoms with van der Waals surface area (Å²) in [5.74, 6) is -6.74.